The van der Waals surface area contributed by atoms with Gasteiger partial charge in [0.2, 0.25) is 16.0 Å². The average molecular weight is 397 g/mol. The Morgan fingerprint density at radius 1 is 1.26 bits per heavy atom. The van der Waals surface area contributed by atoms with Gasteiger partial charge in [-0.05, 0) is 53.4 Å². The maximum atomic E-state index is 12.8. The monoisotopic (exact) mass is 396 g/mol. The number of hydrogen-bond donors (Lipinski definition) is 1. The van der Waals surface area contributed by atoms with Crippen LogP contribution < -0.4 is 5.73 Å². The summed E-state index contributed by atoms with van der Waals surface area (Å²) < 4.78 is 27.7. The first-order valence-electron chi connectivity index (χ1n) is 7.29. The number of anilines is 1. The smallest absolute Gasteiger partial charge is 0.244 e. The van der Waals surface area contributed by atoms with E-state index in [4.69, 9.17) is 5.73 Å². The third kappa shape index (κ3) is 3.11. The first-order valence-corrected chi connectivity index (χ1v) is 9.52. The minimum atomic E-state index is -3.50. The minimum Gasteiger partial charge on any atom is -0.368 e. The van der Waals surface area contributed by atoms with Gasteiger partial charge in [-0.25, -0.2) is 18.4 Å². The molecule has 1 aliphatic rings. The molecule has 0 aliphatic carbocycles. The Morgan fingerprint density at radius 2 is 1.96 bits per heavy atom. The summed E-state index contributed by atoms with van der Waals surface area (Å²) in [4.78, 5) is 8.41. The molecule has 2 heterocycles. The van der Waals surface area contributed by atoms with E-state index in [9.17, 15) is 8.42 Å². The van der Waals surface area contributed by atoms with Crippen LogP contribution in [-0.4, -0.2) is 35.8 Å². The fourth-order valence-electron chi connectivity index (χ4n) is 2.70. The summed E-state index contributed by atoms with van der Waals surface area (Å²) in [5, 5.41) is 0. The van der Waals surface area contributed by atoms with Gasteiger partial charge in [0.05, 0.1) is 10.6 Å². The topological polar surface area (TPSA) is 89.2 Å². The summed E-state index contributed by atoms with van der Waals surface area (Å²) in [6, 6.07) is 5.25. The number of aromatic nitrogens is 2. The SMILES string of the molecule is Cc1nc(N)ncc1-c1ccc(Br)c(S(=O)(=O)N2CCCC2)c1. The van der Waals surface area contributed by atoms with Gasteiger partial charge in [0.25, 0.3) is 0 Å². The summed E-state index contributed by atoms with van der Waals surface area (Å²) >= 11 is 3.36. The standard InChI is InChI=1S/C15H17BrN4O2S/c1-10-12(9-18-15(17)19-10)11-4-5-13(16)14(8-11)23(21,22)20-6-2-3-7-20/h4-5,8-9H,2-3,6-7H2,1H3,(H2,17,18,19). The van der Waals surface area contributed by atoms with Crippen molar-refractivity contribution in [2.24, 2.45) is 0 Å². The van der Waals surface area contributed by atoms with Crippen molar-refractivity contribution in [3.05, 3.63) is 34.6 Å². The van der Waals surface area contributed by atoms with Crippen molar-refractivity contribution in [1.29, 1.82) is 0 Å². The molecule has 0 saturated carbocycles. The van der Waals surface area contributed by atoms with Crippen LogP contribution in [0.1, 0.15) is 18.5 Å². The molecule has 0 radical (unpaired) electrons. The molecule has 1 aromatic carbocycles. The molecule has 0 amide bonds. The zero-order valence-corrected chi connectivity index (χ0v) is 15.1. The van der Waals surface area contributed by atoms with E-state index in [2.05, 4.69) is 25.9 Å². The molecule has 0 spiro atoms. The fourth-order valence-corrected chi connectivity index (χ4v) is 5.17. The molecule has 1 fully saturated rings. The van der Waals surface area contributed by atoms with Gasteiger partial charge in [-0.3, -0.25) is 0 Å². The Labute approximate surface area is 143 Å². The van der Waals surface area contributed by atoms with Crippen LogP contribution in [0.2, 0.25) is 0 Å². The van der Waals surface area contributed by atoms with E-state index in [0.717, 1.165) is 24.0 Å². The van der Waals surface area contributed by atoms with Crippen molar-refractivity contribution in [2.45, 2.75) is 24.7 Å². The Hall–Kier alpha value is -1.51. The van der Waals surface area contributed by atoms with Gasteiger partial charge in [0.15, 0.2) is 0 Å². The summed E-state index contributed by atoms with van der Waals surface area (Å²) in [7, 11) is -3.50. The molecule has 1 saturated heterocycles. The van der Waals surface area contributed by atoms with Gasteiger partial charge in [-0.15, -0.1) is 0 Å². The van der Waals surface area contributed by atoms with Gasteiger partial charge < -0.3 is 5.73 Å². The van der Waals surface area contributed by atoms with Gasteiger partial charge in [-0.2, -0.15) is 4.31 Å². The van der Waals surface area contributed by atoms with E-state index >= 15 is 0 Å². The summed E-state index contributed by atoms with van der Waals surface area (Å²) in [5.74, 6) is 0.202. The van der Waals surface area contributed by atoms with Crippen LogP contribution in [0.5, 0.6) is 0 Å². The summed E-state index contributed by atoms with van der Waals surface area (Å²) in [5.41, 5.74) is 7.81. The van der Waals surface area contributed by atoms with Gasteiger partial charge >= 0.3 is 0 Å². The third-order valence-electron chi connectivity index (χ3n) is 3.92. The highest BCUT2D eigenvalue weighted by Crippen LogP contribution is 2.32. The number of hydrogen-bond acceptors (Lipinski definition) is 5. The Balaban J connectivity index is 2.09. The van der Waals surface area contributed by atoms with Gasteiger partial charge in [-0.1, -0.05) is 6.07 Å². The van der Waals surface area contributed by atoms with Crippen LogP contribution in [0.4, 0.5) is 5.95 Å². The first-order chi connectivity index (χ1) is 10.9. The first kappa shape index (κ1) is 16.4. The Bertz CT molecular complexity index is 849. The van der Waals surface area contributed by atoms with Crippen molar-refractivity contribution in [3.8, 4) is 11.1 Å². The molecule has 8 heteroatoms. The van der Waals surface area contributed by atoms with E-state index in [-0.39, 0.29) is 10.8 Å². The summed E-state index contributed by atoms with van der Waals surface area (Å²) in [6.07, 6.45) is 3.43. The lowest BCUT2D eigenvalue weighted by molar-refractivity contribution is 0.477. The summed E-state index contributed by atoms with van der Waals surface area (Å²) in [6.45, 7) is 2.97. The predicted octanol–water partition coefficient (Wildman–Crippen LogP) is 2.58. The number of nitrogens with zero attached hydrogens (tertiary/aromatic N) is 3. The largest absolute Gasteiger partial charge is 0.368 e. The lowest BCUT2D eigenvalue weighted by atomic mass is 10.1. The van der Waals surface area contributed by atoms with Gasteiger partial charge in [0, 0.05) is 29.3 Å². The van der Waals surface area contributed by atoms with E-state index in [1.54, 1.807) is 18.3 Å². The molecule has 0 bridgehead atoms. The highest BCUT2D eigenvalue weighted by molar-refractivity contribution is 9.10. The van der Waals surface area contributed by atoms with Crippen LogP contribution in [-0.2, 0) is 10.0 Å². The van der Waals surface area contributed by atoms with Crippen molar-refractivity contribution >= 4 is 31.9 Å². The molecule has 1 aromatic heterocycles. The third-order valence-corrected chi connectivity index (χ3v) is 6.82. The molecule has 0 unspecified atom stereocenters. The van der Waals surface area contributed by atoms with Crippen LogP contribution in [0.3, 0.4) is 0 Å². The maximum absolute atomic E-state index is 12.8. The van der Waals surface area contributed by atoms with E-state index < -0.39 is 10.0 Å². The van der Waals surface area contributed by atoms with Crippen LogP contribution >= 0.6 is 15.9 Å². The zero-order chi connectivity index (χ0) is 16.6. The number of nitrogens with two attached hydrogens (primary N) is 1. The number of benzene rings is 1. The molecular weight excluding hydrogens is 380 g/mol. The molecule has 122 valence electrons. The van der Waals surface area contributed by atoms with Crippen LogP contribution in [0, 0.1) is 6.92 Å². The normalized spacial score (nSPS) is 15.9. The fraction of sp³-hybridized carbons (Fsp3) is 0.333. The number of halogens is 1. The molecule has 23 heavy (non-hydrogen) atoms. The highest BCUT2D eigenvalue weighted by Gasteiger charge is 2.29. The molecule has 1 aliphatic heterocycles. The molecule has 2 N–H and O–H groups in total. The second kappa shape index (κ2) is 6.18. The molecule has 3 rings (SSSR count). The molecule has 0 atom stereocenters. The van der Waals surface area contributed by atoms with E-state index in [1.807, 2.05) is 13.0 Å². The van der Waals surface area contributed by atoms with Crippen molar-refractivity contribution in [3.63, 3.8) is 0 Å². The number of aryl methyl sites for hydroxylation is 1. The number of rotatable bonds is 3. The van der Waals surface area contributed by atoms with Crippen molar-refractivity contribution < 1.29 is 8.42 Å². The number of sulfonamides is 1. The lowest BCUT2D eigenvalue weighted by Crippen LogP contribution is -2.28. The number of nitrogen functional groups attached to an aromatic ring is 1. The molecule has 2 aromatic rings. The van der Waals surface area contributed by atoms with Crippen molar-refractivity contribution in [1.82, 2.24) is 14.3 Å². The molecular formula is C15H17BrN4O2S. The second-order valence-corrected chi connectivity index (χ2v) is 8.24. The minimum absolute atomic E-state index is 0.202. The Morgan fingerprint density at radius 3 is 2.61 bits per heavy atom. The second-order valence-electron chi connectivity index (χ2n) is 5.48. The Kier molecular flexibility index (Phi) is 4.39. The zero-order valence-electron chi connectivity index (χ0n) is 12.7. The predicted molar refractivity (Wildman–Crippen MR) is 92.3 cm³/mol. The van der Waals surface area contributed by atoms with Crippen molar-refractivity contribution in [2.75, 3.05) is 18.8 Å². The van der Waals surface area contributed by atoms with Gasteiger partial charge in [0.1, 0.15) is 0 Å². The maximum Gasteiger partial charge on any atom is 0.244 e. The van der Waals surface area contributed by atoms with Crippen LogP contribution in [0.25, 0.3) is 11.1 Å². The highest BCUT2D eigenvalue weighted by atomic mass is 79.9. The van der Waals surface area contributed by atoms with E-state index in [1.165, 1.54) is 4.31 Å². The average Bonchev–Trinajstić information content (AvgIpc) is 3.03. The molecule has 6 nitrogen and oxygen atoms in total. The quantitative estimate of drug-likeness (QED) is 0.860. The van der Waals surface area contributed by atoms with E-state index in [0.29, 0.717) is 23.3 Å². The van der Waals surface area contributed by atoms with Crippen LogP contribution in [0.15, 0.2) is 33.8 Å². The lowest BCUT2D eigenvalue weighted by Gasteiger charge is -2.17.